The lowest BCUT2D eigenvalue weighted by molar-refractivity contribution is 0.213. The van der Waals surface area contributed by atoms with E-state index in [0.717, 1.165) is 77.7 Å². The molecular weight excluding hydrogens is 526 g/mol. The number of hydrogen-bond donors (Lipinski definition) is 0. The van der Waals surface area contributed by atoms with Gasteiger partial charge in [0.1, 0.15) is 48.7 Å². The standard InChI is InChI=1S/C36H33NO5/c1-3-9-26(10-4-1)21-31(35-24-38-17-19-40-35)37(28-15-16-34-30(23-28)29-13-7-8-14-33(29)42-34)32(36-25-39-18-20-41-36)22-27-11-5-2-6-12-27/h1-3,5,7-9,11,13-20,23-25,31-32H,4,6,10,12,21-22H2. The summed E-state index contributed by atoms with van der Waals surface area (Å²) >= 11 is 0. The van der Waals surface area contributed by atoms with Crippen LogP contribution in [0.2, 0.25) is 0 Å². The molecule has 2 aromatic carbocycles. The summed E-state index contributed by atoms with van der Waals surface area (Å²) in [5, 5.41) is 2.15. The van der Waals surface area contributed by atoms with Crippen molar-refractivity contribution >= 4 is 27.6 Å². The molecule has 2 unspecified atom stereocenters. The Morgan fingerprint density at radius 1 is 0.667 bits per heavy atom. The van der Waals surface area contributed by atoms with Gasteiger partial charge in [-0.15, -0.1) is 0 Å². The molecule has 0 radical (unpaired) electrons. The largest absolute Gasteiger partial charge is 0.466 e. The third-order valence-corrected chi connectivity index (χ3v) is 8.14. The van der Waals surface area contributed by atoms with Crippen LogP contribution < -0.4 is 4.90 Å². The van der Waals surface area contributed by atoms with Crippen LogP contribution in [0, 0.1) is 0 Å². The van der Waals surface area contributed by atoms with Crippen molar-refractivity contribution in [2.24, 2.45) is 0 Å². The first-order valence-corrected chi connectivity index (χ1v) is 14.6. The van der Waals surface area contributed by atoms with Gasteiger partial charge in [0, 0.05) is 16.5 Å². The smallest absolute Gasteiger partial charge is 0.161 e. The van der Waals surface area contributed by atoms with E-state index in [4.69, 9.17) is 23.4 Å². The Kier molecular flexibility index (Phi) is 7.42. The van der Waals surface area contributed by atoms with Gasteiger partial charge in [0.25, 0.3) is 0 Å². The number of ether oxygens (including phenoxy) is 4. The van der Waals surface area contributed by atoms with E-state index >= 15 is 0 Å². The second kappa shape index (κ2) is 12.0. The second-order valence-electron chi connectivity index (χ2n) is 10.8. The molecule has 3 heterocycles. The van der Waals surface area contributed by atoms with Gasteiger partial charge in [-0.05, 0) is 62.8 Å². The Balaban J connectivity index is 1.41. The van der Waals surface area contributed by atoms with Crippen molar-refractivity contribution in [2.75, 3.05) is 4.90 Å². The van der Waals surface area contributed by atoms with E-state index in [1.165, 1.54) is 11.1 Å². The zero-order chi connectivity index (χ0) is 28.1. The van der Waals surface area contributed by atoms with E-state index in [9.17, 15) is 0 Å². The van der Waals surface area contributed by atoms with Crippen molar-refractivity contribution in [2.45, 2.75) is 50.6 Å². The highest BCUT2D eigenvalue weighted by molar-refractivity contribution is 6.06. The Morgan fingerprint density at radius 2 is 1.29 bits per heavy atom. The number of allylic oxidation sites excluding steroid dienone is 6. The van der Waals surface area contributed by atoms with Crippen molar-refractivity contribution < 1.29 is 23.4 Å². The van der Waals surface area contributed by atoms with Crippen LogP contribution in [0.5, 0.6) is 0 Å². The molecule has 0 saturated carbocycles. The normalized spacial score (nSPS) is 19.0. The minimum Gasteiger partial charge on any atom is -0.466 e. The zero-order valence-corrected chi connectivity index (χ0v) is 23.4. The van der Waals surface area contributed by atoms with Gasteiger partial charge >= 0.3 is 0 Å². The summed E-state index contributed by atoms with van der Waals surface area (Å²) in [4.78, 5) is 2.42. The van der Waals surface area contributed by atoms with Crippen molar-refractivity contribution in [3.63, 3.8) is 0 Å². The molecule has 0 saturated heterocycles. The summed E-state index contributed by atoms with van der Waals surface area (Å²) in [5.74, 6) is 1.47. The number of rotatable bonds is 9. The lowest BCUT2D eigenvalue weighted by atomic mass is 9.91. The summed E-state index contributed by atoms with van der Waals surface area (Å²) < 4.78 is 29.9. The maximum absolute atomic E-state index is 6.20. The number of anilines is 1. The SMILES string of the molecule is C1=CCCC(CC(C2=COC=CO2)N(c2ccc3oc4ccccc4c3c2)C(CC2=CC=CCC2)C2=COC=CO2)=C1. The first-order chi connectivity index (χ1) is 20.8. The summed E-state index contributed by atoms with van der Waals surface area (Å²) in [7, 11) is 0. The number of para-hydroxylation sites is 1. The Bertz CT molecular complexity index is 1640. The van der Waals surface area contributed by atoms with Crippen LogP contribution in [0.3, 0.4) is 0 Å². The molecule has 7 rings (SSSR count). The van der Waals surface area contributed by atoms with Crippen LogP contribution in [-0.2, 0) is 18.9 Å². The molecule has 6 heteroatoms. The van der Waals surface area contributed by atoms with Gasteiger partial charge in [0.15, 0.2) is 11.5 Å². The van der Waals surface area contributed by atoms with Gasteiger partial charge < -0.3 is 28.3 Å². The molecular formula is C36H33NO5. The fourth-order valence-corrected chi connectivity index (χ4v) is 6.12. The minimum absolute atomic E-state index is 0.191. The highest BCUT2D eigenvalue weighted by atomic mass is 16.5. The predicted octanol–water partition coefficient (Wildman–Crippen LogP) is 9.18. The molecule has 0 N–H and O–H groups in total. The lowest BCUT2D eigenvalue weighted by Crippen LogP contribution is -2.47. The summed E-state index contributed by atoms with van der Waals surface area (Å²) in [6.45, 7) is 0. The predicted molar refractivity (Wildman–Crippen MR) is 165 cm³/mol. The quantitative estimate of drug-likeness (QED) is 0.261. The first-order valence-electron chi connectivity index (χ1n) is 14.6. The van der Waals surface area contributed by atoms with Crippen LogP contribution in [0.1, 0.15) is 38.5 Å². The third-order valence-electron chi connectivity index (χ3n) is 8.14. The molecule has 1 aromatic heterocycles. The average molecular weight is 560 g/mol. The molecule has 0 spiro atoms. The molecule has 2 aliphatic heterocycles. The van der Waals surface area contributed by atoms with E-state index in [1.54, 1.807) is 37.6 Å². The average Bonchev–Trinajstić information content (AvgIpc) is 3.44. The molecule has 3 aromatic rings. The lowest BCUT2D eigenvalue weighted by Gasteiger charge is -2.42. The van der Waals surface area contributed by atoms with Crippen molar-refractivity contribution in [3.05, 3.63) is 139 Å². The monoisotopic (exact) mass is 559 g/mol. The van der Waals surface area contributed by atoms with Crippen LogP contribution in [0.25, 0.3) is 21.9 Å². The number of hydrogen-bond acceptors (Lipinski definition) is 6. The molecule has 6 nitrogen and oxygen atoms in total. The summed E-state index contributed by atoms with van der Waals surface area (Å²) in [6.07, 6.45) is 28.5. The van der Waals surface area contributed by atoms with Crippen LogP contribution in [0.15, 0.2) is 144 Å². The molecule has 0 amide bonds. The van der Waals surface area contributed by atoms with Gasteiger partial charge in [-0.1, -0.05) is 65.8 Å². The summed E-state index contributed by atoms with van der Waals surface area (Å²) in [5.41, 5.74) is 5.47. The van der Waals surface area contributed by atoms with Gasteiger partial charge in [-0.3, -0.25) is 0 Å². The number of fused-ring (bicyclic) bond motifs is 3. The molecule has 0 bridgehead atoms. The van der Waals surface area contributed by atoms with Crippen LogP contribution in [0.4, 0.5) is 5.69 Å². The third kappa shape index (κ3) is 5.40. The molecule has 2 atom stereocenters. The highest BCUT2D eigenvalue weighted by Gasteiger charge is 2.36. The van der Waals surface area contributed by atoms with Crippen molar-refractivity contribution in [3.8, 4) is 0 Å². The number of nitrogens with zero attached hydrogens (tertiary/aromatic N) is 1. The topological polar surface area (TPSA) is 53.3 Å². The highest BCUT2D eigenvalue weighted by Crippen LogP contribution is 2.39. The van der Waals surface area contributed by atoms with Gasteiger partial charge in [-0.2, -0.15) is 0 Å². The van der Waals surface area contributed by atoms with Gasteiger partial charge in [-0.25, -0.2) is 0 Å². The fourth-order valence-electron chi connectivity index (χ4n) is 6.12. The first kappa shape index (κ1) is 26.1. The van der Waals surface area contributed by atoms with Crippen LogP contribution in [-0.4, -0.2) is 12.1 Å². The summed E-state index contributed by atoms with van der Waals surface area (Å²) in [6, 6.07) is 14.2. The number of furan rings is 1. The Morgan fingerprint density at radius 3 is 1.86 bits per heavy atom. The zero-order valence-electron chi connectivity index (χ0n) is 23.4. The van der Waals surface area contributed by atoms with E-state index in [0.29, 0.717) is 0 Å². The van der Waals surface area contributed by atoms with Gasteiger partial charge in [0.05, 0.1) is 12.1 Å². The Hall–Kier alpha value is -4.84. The Labute approximate surface area is 245 Å². The van der Waals surface area contributed by atoms with E-state index in [2.05, 4.69) is 65.6 Å². The molecule has 4 aliphatic rings. The molecule has 212 valence electrons. The van der Waals surface area contributed by atoms with Crippen molar-refractivity contribution in [1.29, 1.82) is 0 Å². The van der Waals surface area contributed by atoms with Crippen molar-refractivity contribution in [1.82, 2.24) is 0 Å². The fraction of sp³-hybridized carbons (Fsp3) is 0.222. The van der Waals surface area contributed by atoms with E-state index in [1.807, 2.05) is 18.2 Å². The van der Waals surface area contributed by atoms with Gasteiger partial charge in [0.2, 0.25) is 0 Å². The second-order valence-corrected chi connectivity index (χ2v) is 10.8. The molecule has 0 fully saturated rings. The van der Waals surface area contributed by atoms with E-state index < -0.39 is 0 Å². The molecule has 42 heavy (non-hydrogen) atoms. The molecule has 2 aliphatic carbocycles. The van der Waals surface area contributed by atoms with Crippen LogP contribution >= 0.6 is 0 Å². The number of benzene rings is 2. The maximum Gasteiger partial charge on any atom is 0.161 e. The maximum atomic E-state index is 6.20. The van der Waals surface area contributed by atoms with E-state index in [-0.39, 0.29) is 12.1 Å². The minimum atomic E-state index is -0.191.